The van der Waals surface area contributed by atoms with Gasteiger partial charge in [-0.25, -0.2) is 0 Å². The van der Waals surface area contributed by atoms with Gasteiger partial charge in [0.1, 0.15) is 0 Å². The van der Waals surface area contributed by atoms with Crippen molar-refractivity contribution in [2.24, 2.45) is 0 Å². The quantitative estimate of drug-likeness (QED) is 0.288. The molecular weight excluding hydrogens is 416 g/mol. The number of nitrogens with zero attached hydrogens (tertiary/aromatic N) is 1. The number of anilines is 1. The van der Waals surface area contributed by atoms with Crippen molar-refractivity contribution in [1.29, 1.82) is 0 Å². The van der Waals surface area contributed by atoms with E-state index < -0.39 is 0 Å². The Morgan fingerprint density at radius 1 is 0.844 bits per heavy atom. The second kappa shape index (κ2) is 13.0. The fraction of sp³-hybridized carbons (Fsp3) is 0.296. The maximum atomic E-state index is 5.87. The molecule has 0 aliphatic carbocycles. The highest BCUT2D eigenvalue weighted by atomic mass is 32.1. The predicted molar refractivity (Wildman–Crippen MR) is 137 cm³/mol. The maximum absolute atomic E-state index is 5.87. The second-order valence-electron chi connectivity index (χ2n) is 7.36. The van der Waals surface area contributed by atoms with Crippen LogP contribution in [0.15, 0.2) is 84.9 Å². The van der Waals surface area contributed by atoms with Crippen LogP contribution in [-0.2, 0) is 15.9 Å². The molecule has 0 radical (unpaired) electrons. The van der Waals surface area contributed by atoms with E-state index in [2.05, 4.69) is 58.7 Å². The molecule has 168 valence electrons. The second-order valence-corrected chi connectivity index (χ2v) is 7.75. The van der Waals surface area contributed by atoms with Gasteiger partial charge in [-0.3, -0.25) is 0 Å². The van der Waals surface area contributed by atoms with Gasteiger partial charge in [-0.1, -0.05) is 78.9 Å². The van der Waals surface area contributed by atoms with Crippen LogP contribution in [0.25, 0.3) is 11.1 Å². The summed E-state index contributed by atoms with van der Waals surface area (Å²) in [4.78, 5) is 2.14. The van der Waals surface area contributed by atoms with Crippen LogP contribution in [0.5, 0.6) is 0 Å². The average Bonchev–Trinajstić information content (AvgIpc) is 2.83. The lowest BCUT2D eigenvalue weighted by Crippen LogP contribution is -2.43. The first-order chi connectivity index (χ1) is 15.7. The summed E-state index contributed by atoms with van der Waals surface area (Å²) in [6.07, 6.45) is 0.554. The maximum Gasteiger partial charge on any atom is 0.174 e. The lowest BCUT2D eigenvalue weighted by molar-refractivity contribution is -0.141. The Labute approximate surface area is 197 Å². The molecule has 3 rings (SSSR count). The van der Waals surface area contributed by atoms with Crippen molar-refractivity contribution in [2.45, 2.75) is 26.6 Å². The lowest BCUT2D eigenvalue weighted by atomic mass is 10.0. The first-order valence-corrected chi connectivity index (χ1v) is 11.6. The number of nitrogens with one attached hydrogen (secondary N) is 1. The molecule has 0 fully saturated rings. The molecule has 0 spiro atoms. The molecule has 32 heavy (non-hydrogen) atoms. The highest BCUT2D eigenvalue weighted by molar-refractivity contribution is 7.80. The predicted octanol–water partition coefficient (Wildman–Crippen LogP) is 5.99. The summed E-state index contributed by atoms with van der Waals surface area (Å²) in [7, 11) is 0. The average molecular weight is 449 g/mol. The van der Waals surface area contributed by atoms with Gasteiger partial charge in [0.2, 0.25) is 0 Å². The van der Waals surface area contributed by atoms with Crippen LogP contribution < -0.4 is 5.32 Å². The monoisotopic (exact) mass is 448 g/mol. The van der Waals surface area contributed by atoms with Gasteiger partial charge >= 0.3 is 0 Å². The summed E-state index contributed by atoms with van der Waals surface area (Å²) < 4.78 is 11.6. The SMILES string of the molecule is CCOC(CN(CCc1ccccc1)C(=S)Nc1ccccc1-c1ccccc1)OCC. The van der Waals surface area contributed by atoms with E-state index in [1.165, 1.54) is 5.56 Å². The largest absolute Gasteiger partial charge is 0.351 e. The smallest absolute Gasteiger partial charge is 0.174 e. The minimum atomic E-state index is -0.329. The number of hydrogen-bond donors (Lipinski definition) is 1. The molecular formula is C27H32N2O2S. The number of ether oxygens (including phenoxy) is 2. The Balaban J connectivity index is 1.78. The molecule has 0 unspecified atom stereocenters. The number of para-hydroxylation sites is 1. The van der Waals surface area contributed by atoms with Crippen molar-refractivity contribution in [2.75, 3.05) is 31.6 Å². The third kappa shape index (κ3) is 7.16. The molecule has 0 aliphatic rings. The first-order valence-electron chi connectivity index (χ1n) is 11.2. The van der Waals surface area contributed by atoms with Crippen LogP contribution in [0.4, 0.5) is 5.69 Å². The zero-order valence-corrected chi connectivity index (χ0v) is 19.7. The molecule has 3 aromatic carbocycles. The zero-order chi connectivity index (χ0) is 22.6. The Morgan fingerprint density at radius 3 is 2.09 bits per heavy atom. The van der Waals surface area contributed by atoms with Crippen molar-refractivity contribution < 1.29 is 9.47 Å². The van der Waals surface area contributed by atoms with Gasteiger partial charge in [0.25, 0.3) is 0 Å². The molecule has 0 bridgehead atoms. The van der Waals surface area contributed by atoms with Crippen LogP contribution >= 0.6 is 12.2 Å². The van der Waals surface area contributed by atoms with Crippen LogP contribution in [0.3, 0.4) is 0 Å². The number of benzene rings is 3. The number of rotatable bonds is 11. The molecule has 0 heterocycles. The number of thiocarbonyl (C=S) groups is 1. The van der Waals surface area contributed by atoms with Crippen LogP contribution in [0.2, 0.25) is 0 Å². The summed E-state index contributed by atoms with van der Waals surface area (Å²) in [6.45, 7) is 6.47. The molecule has 0 atom stereocenters. The van der Waals surface area contributed by atoms with Gasteiger partial charge in [0, 0.05) is 31.0 Å². The van der Waals surface area contributed by atoms with E-state index in [0.717, 1.165) is 29.8 Å². The van der Waals surface area contributed by atoms with Gasteiger partial charge in [-0.05, 0) is 49.7 Å². The molecule has 5 heteroatoms. The standard InChI is InChI=1S/C27H32N2O2S/c1-3-30-26(31-4-2)21-29(20-19-22-13-7-5-8-14-22)27(32)28-25-18-12-11-17-24(25)23-15-9-6-10-16-23/h5-18,26H,3-4,19-21H2,1-2H3,(H,28,32). The fourth-order valence-electron chi connectivity index (χ4n) is 3.55. The Kier molecular flexibility index (Phi) is 9.69. The first kappa shape index (κ1) is 23.9. The Morgan fingerprint density at radius 2 is 1.44 bits per heavy atom. The van der Waals surface area contributed by atoms with Gasteiger partial charge in [-0.15, -0.1) is 0 Å². The van der Waals surface area contributed by atoms with Gasteiger partial charge in [0.15, 0.2) is 11.4 Å². The summed E-state index contributed by atoms with van der Waals surface area (Å²) in [5.41, 5.74) is 4.52. The minimum absolute atomic E-state index is 0.329. The highest BCUT2D eigenvalue weighted by Gasteiger charge is 2.18. The van der Waals surface area contributed by atoms with E-state index in [1.807, 2.05) is 50.2 Å². The molecule has 3 aromatic rings. The lowest BCUT2D eigenvalue weighted by Gasteiger charge is -2.30. The highest BCUT2D eigenvalue weighted by Crippen LogP contribution is 2.27. The molecule has 0 saturated heterocycles. The Hall–Kier alpha value is -2.73. The minimum Gasteiger partial charge on any atom is -0.351 e. The van der Waals surface area contributed by atoms with E-state index in [-0.39, 0.29) is 6.29 Å². The molecule has 1 N–H and O–H groups in total. The molecule has 0 aromatic heterocycles. The summed E-state index contributed by atoms with van der Waals surface area (Å²) in [5, 5.41) is 4.14. The third-order valence-electron chi connectivity index (χ3n) is 5.13. The third-order valence-corrected chi connectivity index (χ3v) is 5.49. The van der Waals surface area contributed by atoms with Crippen molar-refractivity contribution >= 4 is 23.0 Å². The van der Waals surface area contributed by atoms with Gasteiger partial charge in [-0.2, -0.15) is 0 Å². The topological polar surface area (TPSA) is 33.7 Å². The van der Waals surface area contributed by atoms with E-state index in [4.69, 9.17) is 21.7 Å². The Bertz CT molecular complexity index is 944. The van der Waals surface area contributed by atoms with Crippen molar-refractivity contribution in [3.05, 3.63) is 90.5 Å². The summed E-state index contributed by atoms with van der Waals surface area (Å²) in [6, 6.07) is 29.0. The normalized spacial score (nSPS) is 10.8. The number of hydrogen-bond acceptors (Lipinski definition) is 3. The summed E-state index contributed by atoms with van der Waals surface area (Å²) in [5.74, 6) is 0. The van der Waals surface area contributed by atoms with E-state index in [9.17, 15) is 0 Å². The van der Waals surface area contributed by atoms with Gasteiger partial charge < -0.3 is 19.7 Å². The summed E-state index contributed by atoms with van der Waals surface area (Å²) >= 11 is 5.87. The van der Waals surface area contributed by atoms with Crippen LogP contribution in [0.1, 0.15) is 19.4 Å². The molecule has 0 saturated carbocycles. The van der Waals surface area contributed by atoms with E-state index >= 15 is 0 Å². The molecule has 0 aliphatic heterocycles. The van der Waals surface area contributed by atoms with Crippen LogP contribution in [-0.4, -0.2) is 42.6 Å². The van der Waals surface area contributed by atoms with Crippen molar-refractivity contribution in [1.82, 2.24) is 4.90 Å². The van der Waals surface area contributed by atoms with Gasteiger partial charge in [0.05, 0.1) is 6.54 Å². The van der Waals surface area contributed by atoms with E-state index in [1.54, 1.807) is 0 Å². The van der Waals surface area contributed by atoms with Crippen molar-refractivity contribution in [3.8, 4) is 11.1 Å². The zero-order valence-electron chi connectivity index (χ0n) is 18.9. The van der Waals surface area contributed by atoms with Crippen molar-refractivity contribution in [3.63, 3.8) is 0 Å². The molecule has 4 nitrogen and oxygen atoms in total. The van der Waals surface area contributed by atoms with Crippen LogP contribution in [0, 0.1) is 0 Å². The fourth-order valence-corrected chi connectivity index (χ4v) is 3.82. The molecule has 0 amide bonds. The van der Waals surface area contributed by atoms with E-state index in [0.29, 0.717) is 24.9 Å².